The smallest absolute Gasteiger partial charge is 0.282 e. The normalized spacial score (nSPS) is 26.1. The maximum absolute atomic E-state index is 12.8. The Morgan fingerprint density at radius 1 is 1.00 bits per heavy atom. The van der Waals surface area contributed by atoms with Crippen LogP contribution in [0.1, 0.15) is 11.6 Å². The van der Waals surface area contributed by atoms with Crippen molar-refractivity contribution in [2.45, 2.75) is 6.04 Å². The van der Waals surface area contributed by atoms with Gasteiger partial charge in [0.25, 0.3) is 10.2 Å². The van der Waals surface area contributed by atoms with Crippen LogP contribution in [0, 0.1) is 0 Å². The van der Waals surface area contributed by atoms with Gasteiger partial charge in [-0.15, -0.1) is 0 Å². The van der Waals surface area contributed by atoms with Crippen molar-refractivity contribution in [2.75, 3.05) is 53.0 Å². The molecule has 0 aliphatic carbocycles. The van der Waals surface area contributed by atoms with Gasteiger partial charge in [-0.2, -0.15) is 17.0 Å². The summed E-state index contributed by atoms with van der Waals surface area (Å²) in [6.45, 7) is 3.64. The first kappa shape index (κ1) is 15.9. The van der Waals surface area contributed by atoms with Gasteiger partial charge < -0.3 is 4.74 Å². The van der Waals surface area contributed by atoms with E-state index < -0.39 is 10.2 Å². The average Bonchev–Trinajstić information content (AvgIpc) is 2.57. The van der Waals surface area contributed by atoms with Crippen molar-refractivity contribution in [3.8, 4) is 0 Å². The lowest BCUT2D eigenvalue weighted by molar-refractivity contribution is 0.0669. The van der Waals surface area contributed by atoms with Crippen LogP contribution >= 0.6 is 0 Å². The number of likely N-dealkylation sites (N-methyl/N-ethyl adjacent to an activating group) is 1. The van der Waals surface area contributed by atoms with Crippen molar-refractivity contribution in [3.05, 3.63) is 35.9 Å². The SMILES string of the molecule is CN1CCN(S(=O)(=O)N2CCOCC2)C[C@@H]1c1ccccc1. The van der Waals surface area contributed by atoms with E-state index in [1.165, 1.54) is 0 Å². The summed E-state index contributed by atoms with van der Waals surface area (Å²) in [4.78, 5) is 2.22. The van der Waals surface area contributed by atoms with E-state index in [1.807, 2.05) is 18.2 Å². The molecular formula is C15H23N3O3S. The Morgan fingerprint density at radius 3 is 2.36 bits per heavy atom. The summed E-state index contributed by atoms with van der Waals surface area (Å²) in [6.07, 6.45) is 0. The third-order valence-corrected chi connectivity index (χ3v) is 6.42. The highest BCUT2D eigenvalue weighted by molar-refractivity contribution is 7.86. The van der Waals surface area contributed by atoms with E-state index in [0.717, 1.165) is 12.1 Å². The van der Waals surface area contributed by atoms with Crippen LogP contribution in [0.5, 0.6) is 0 Å². The summed E-state index contributed by atoms with van der Waals surface area (Å²) >= 11 is 0. The van der Waals surface area contributed by atoms with Crippen LogP contribution in [-0.4, -0.2) is 74.9 Å². The predicted octanol–water partition coefficient (Wildman–Crippen LogP) is 0.552. The Kier molecular flexibility index (Phi) is 4.79. The van der Waals surface area contributed by atoms with Crippen molar-refractivity contribution in [1.29, 1.82) is 0 Å². The topological polar surface area (TPSA) is 53.1 Å². The first-order chi connectivity index (χ1) is 10.6. The molecular weight excluding hydrogens is 302 g/mol. The molecule has 1 aromatic carbocycles. The van der Waals surface area contributed by atoms with Crippen LogP contribution < -0.4 is 0 Å². The Bertz CT molecular complexity index is 587. The third-order valence-electron chi connectivity index (χ3n) is 4.42. The van der Waals surface area contributed by atoms with Crippen LogP contribution in [0.25, 0.3) is 0 Å². The van der Waals surface area contributed by atoms with Gasteiger partial charge in [0.15, 0.2) is 0 Å². The van der Waals surface area contributed by atoms with Crippen molar-refractivity contribution < 1.29 is 13.2 Å². The lowest BCUT2D eigenvalue weighted by Gasteiger charge is -2.41. The highest BCUT2D eigenvalue weighted by Gasteiger charge is 2.36. The van der Waals surface area contributed by atoms with Crippen LogP contribution in [0.3, 0.4) is 0 Å². The molecule has 2 aliphatic rings. The number of hydrogen-bond donors (Lipinski definition) is 0. The van der Waals surface area contributed by atoms with Gasteiger partial charge in [0.05, 0.1) is 13.2 Å². The molecule has 6 nitrogen and oxygen atoms in total. The minimum absolute atomic E-state index is 0.103. The van der Waals surface area contributed by atoms with Gasteiger partial charge in [-0.1, -0.05) is 30.3 Å². The van der Waals surface area contributed by atoms with E-state index in [1.54, 1.807) is 8.61 Å². The second kappa shape index (κ2) is 6.64. The first-order valence-corrected chi connectivity index (χ1v) is 9.07. The number of rotatable bonds is 3. The summed E-state index contributed by atoms with van der Waals surface area (Å²) in [6, 6.07) is 10.2. The van der Waals surface area contributed by atoms with Crippen molar-refractivity contribution >= 4 is 10.2 Å². The molecule has 0 radical (unpaired) electrons. The molecule has 2 saturated heterocycles. The molecule has 0 N–H and O–H groups in total. The van der Waals surface area contributed by atoms with Crippen LogP contribution in [0.15, 0.2) is 30.3 Å². The number of nitrogens with zero attached hydrogens (tertiary/aromatic N) is 3. The number of benzene rings is 1. The van der Waals surface area contributed by atoms with E-state index >= 15 is 0 Å². The van der Waals surface area contributed by atoms with Crippen molar-refractivity contribution in [1.82, 2.24) is 13.5 Å². The quantitative estimate of drug-likeness (QED) is 0.814. The molecule has 7 heteroatoms. The lowest BCUT2D eigenvalue weighted by Crippen LogP contribution is -2.55. The van der Waals surface area contributed by atoms with Gasteiger partial charge in [-0.3, -0.25) is 4.90 Å². The molecule has 2 aliphatic heterocycles. The second-order valence-electron chi connectivity index (χ2n) is 5.78. The van der Waals surface area contributed by atoms with Crippen molar-refractivity contribution in [2.24, 2.45) is 0 Å². The predicted molar refractivity (Wildman–Crippen MR) is 84.7 cm³/mol. The van der Waals surface area contributed by atoms with E-state index in [2.05, 4.69) is 24.1 Å². The maximum Gasteiger partial charge on any atom is 0.282 e. The van der Waals surface area contributed by atoms with E-state index in [4.69, 9.17) is 4.74 Å². The summed E-state index contributed by atoms with van der Waals surface area (Å²) in [5, 5.41) is 0. The molecule has 0 unspecified atom stereocenters. The van der Waals surface area contributed by atoms with E-state index in [-0.39, 0.29) is 6.04 Å². The minimum Gasteiger partial charge on any atom is -0.379 e. The molecule has 0 bridgehead atoms. The molecule has 2 heterocycles. The second-order valence-corrected chi connectivity index (χ2v) is 7.71. The van der Waals surface area contributed by atoms with Gasteiger partial charge in [0, 0.05) is 38.8 Å². The Balaban J connectivity index is 1.77. The minimum atomic E-state index is -3.39. The fourth-order valence-corrected chi connectivity index (χ4v) is 4.61. The lowest BCUT2D eigenvalue weighted by atomic mass is 10.0. The molecule has 0 saturated carbocycles. The number of ether oxygens (including phenoxy) is 1. The molecule has 2 fully saturated rings. The van der Waals surface area contributed by atoms with Gasteiger partial charge >= 0.3 is 0 Å². The molecule has 0 aromatic heterocycles. The zero-order valence-corrected chi connectivity index (χ0v) is 13.7. The molecule has 122 valence electrons. The summed E-state index contributed by atoms with van der Waals surface area (Å²) in [7, 11) is -1.34. The zero-order valence-electron chi connectivity index (χ0n) is 12.9. The third kappa shape index (κ3) is 3.18. The first-order valence-electron chi connectivity index (χ1n) is 7.67. The van der Waals surface area contributed by atoms with E-state index in [0.29, 0.717) is 39.4 Å². The fourth-order valence-electron chi connectivity index (χ4n) is 3.03. The van der Waals surface area contributed by atoms with Gasteiger partial charge in [0.1, 0.15) is 0 Å². The van der Waals surface area contributed by atoms with E-state index in [9.17, 15) is 8.42 Å². The standard InChI is InChI=1S/C15H23N3O3S/c1-16-7-8-18(13-15(16)14-5-3-2-4-6-14)22(19,20)17-9-11-21-12-10-17/h2-6,15H,7-13H2,1H3/t15-/m1/s1. The fraction of sp³-hybridized carbons (Fsp3) is 0.600. The molecule has 0 spiro atoms. The largest absolute Gasteiger partial charge is 0.379 e. The molecule has 22 heavy (non-hydrogen) atoms. The highest BCUT2D eigenvalue weighted by atomic mass is 32.2. The molecule has 3 rings (SSSR count). The van der Waals surface area contributed by atoms with Crippen LogP contribution in [0.4, 0.5) is 0 Å². The number of morpholine rings is 1. The van der Waals surface area contributed by atoms with Gasteiger partial charge in [-0.05, 0) is 12.6 Å². The maximum atomic E-state index is 12.8. The Morgan fingerprint density at radius 2 is 1.68 bits per heavy atom. The Labute approximate surface area is 132 Å². The summed E-state index contributed by atoms with van der Waals surface area (Å²) in [5.74, 6) is 0. The molecule has 0 amide bonds. The highest BCUT2D eigenvalue weighted by Crippen LogP contribution is 2.26. The van der Waals surface area contributed by atoms with Crippen LogP contribution in [0.2, 0.25) is 0 Å². The van der Waals surface area contributed by atoms with Crippen molar-refractivity contribution in [3.63, 3.8) is 0 Å². The van der Waals surface area contributed by atoms with Crippen LogP contribution in [-0.2, 0) is 14.9 Å². The zero-order chi connectivity index (χ0) is 15.6. The Hall–Kier alpha value is -0.990. The summed E-state index contributed by atoms with van der Waals surface area (Å²) in [5.41, 5.74) is 1.16. The number of piperazine rings is 1. The molecule has 1 atom stereocenters. The summed E-state index contributed by atoms with van der Waals surface area (Å²) < 4.78 is 34.0. The average molecular weight is 325 g/mol. The molecule has 1 aromatic rings. The number of hydrogen-bond acceptors (Lipinski definition) is 4. The van der Waals surface area contributed by atoms with Gasteiger partial charge in [-0.25, -0.2) is 0 Å². The monoisotopic (exact) mass is 325 g/mol. The van der Waals surface area contributed by atoms with Gasteiger partial charge in [0.2, 0.25) is 0 Å².